The lowest BCUT2D eigenvalue weighted by molar-refractivity contribution is 0.0690. The number of carboxylic acid groups (broad SMARTS) is 1. The SMILES string of the molecule is N#CB1Cc2ccc(C(=O)O)nc2C1. The first-order valence-electron chi connectivity index (χ1n) is 4.32. The van der Waals surface area contributed by atoms with Crippen LogP contribution in [-0.2, 0) is 12.6 Å². The molecule has 0 amide bonds. The molecule has 0 spiro atoms. The van der Waals surface area contributed by atoms with Crippen molar-refractivity contribution in [3.05, 3.63) is 29.1 Å². The second kappa shape index (κ2) is 3.15. The Hall–Kier alpha value is -1.83. The summed E-state index contributed by atoms with van der Waals surface area (Å²) >= 11 is 0. The fourth-order valence-corrected chi connectivity index (χ4v) is 1.67. The Balaban J connectivity index is 2.36. The van der Waals surface area contributed by atoms with E-state index >= 15 is 0 Å². The Morgan fingerprint density at radius 2 is 2.36 bits per heavy atom. The van der Waals surface area contributed by atoms with Crippen LogP contribution in [0, 0.1) is 11.2 Å². The lowest BCUT2D eigenvalue weighted by atomic mass is 9.49. The summed E-state index contributed by atoms with van der Waals surface area (Å²) in [5.74, 6) is 1.15. The van der Waals surface area contributed by atoms with Crippen LogP contribution in [0.15, 0.2) is 12.1 Å². The molecule has 0 radical (unpaired) electrons. The van der Waals surface area contributed by atoms with Gasteiger partial charge in [0.15, 0.2) is 0 Å². The number of pyridine rings is 1. The molecule has 4 nitrogen and oxygen atoms in total. The van der Waals surface area contributed by atoms with Crippen LogP contribution in [-0.4, -0.2) is 22.8 Å². The van der Waals surface area contributed by atoms with Gasteiger partial charge in [0.05, 0.1) is 0 Å². The molecule has 0 saturated heterocycles. The molecule has 14 heavy (non-hydrogen) atoms. The van der Waals surface area contributed by atoms with Gasteiger partial charge in [-0.15, -0.1) is 0 Å². The van der Waals surface area contributed by atoms with Gasteiger partial charge in [0.25, 0.3) is 6.71 Å². The highest BCUT2D eigenvalue weighted by atomic mass is 16.4. The molecule has 1 aliphatic rings. The maximum absolute atomic E-state index is 10.6. The molecule has 2 heterocycles. The molecule has 0 unspecified atom stereocenters. The molecule has 2 rings (SSSR count). The zero-order chi connectivity index (χ0) is 10.1. The number of nitrogens with zero attached hydrogens (tertiary/aromatic N) is 2. The lowest BCUT2D eigenvalue weighted by Crippen LogP contribution is -2.10. The van der Waals surface area contributed by atoms with Gasteiger partial charge in [-0.1, -0.05) is 6.07 Å². The second-order valence-electron chi connectivity index (χ2n) is 3.34. The molecular weight excluding hydrogens is 179 g/mol. The van der Waals surface area contributed by atoms with Gasteiger partial charge in [-0.05, 0) is 24.3 Å². The normalized spacial score (nSPS) is 13.5. The summed E-state index contributed by atoms with van der Waals surface area (Å²) in [6.45, 7) is -0.0402. The van der Waals surface area contributed by atoms with E-state index in [-0.39, 0.29) is 12.4 Å². The van der Waals surface area contributed by atoms with Crippen molar-refractivity contribution in [2.24, 2.45) is 0 Å². The van der Waals surface area contributed by atoms with Crippen LogP contribution in [0.1, 0.15) is 21.7 Å². The summed E-state index contributed by atoms with van der Waals surface area (Å²) in [5, 5.41) is 17.4. The van der Waals surface area contributed by atoms with E-state index in [0.717, 1.165) is 11.3 Å². The Morgan fingerprint density at radius 3 is 3.00 bits per heavy atom. The van der Waals surface area contributed by atoms with Crippen molar-refractivity contribution in [1.29, 1.82) is 5.26 Å². The molecule has 0 fully saturated rings. The standard InChI is InChI=1S/C9H7BN2O2/c11-5-10-3-6-1-2-7(9(13)14)12-8(6)4-10/h1-2H,3-4H2,(H,13,14). The average Bonchev–Trinajstić information content (AvgIpc) is 2.58. The minimum absolute atomic E-state index is 0.0402. The third-order valence-electron chi connectivity index (χ3n) is 2.38. The topological polar surface area (TPSA) is 74.0 Å². The largest absolute Gasteiger partial charge is 0.477 e. The van der Waals surface area contributed by atoms with E-state index in [4.69, 9.17) is 10.4 Å². The second-order valence-corrected chi connectivity index (χ2v) is 3.34. The number of nitriles is 1. The summed E-state index contributed by atoms with van der Waals surface area (Å²) in [7, 11) is 0. The van der Waals surface area contributed by atoms with Crippen molar-refractivity contribution in [1.82, 2.24) is 4.98 Å². The molecule has 0 bridgehead atoms. The summed E-state index contributed by atoms with van der Waals surface area (Å²) in [4.78, 5) is 14.6. The van der Waals surface area contributed by atoms with Crippen molar-refractivity contribution >= 4 is 12.7 Å². The van der Waals surface area contributed by atoms with Crippen LogP contribution in [0.4, 0.5) is 0 Å². The lowest BCUT2D eigenvalue weighted by Gasteiger charge is -1.98. The van der Waals surface area contributed by atoms with E-state index in [0.29, 0.717) is 12.6 Å². The Morgan fingerprint density at radius 1 is 1.57 bits per heavy atom. The fourth-order valence-electron chi connectivity index (χ4n) is 1.67. The van der Waals surface area contributed by atoms with Crippen LogP contribution in [0.3, 0.4) is 0 Å². The summed E-state index contributed by atoms with van der Waals surface area (Å²) in [6, 6.07) is 3.24. The van der Waals surface area contributed by atoms with Gasteiger partial charge in [-0.3, -0.25) is 0 Å². The van der Waals surface area contributed by atoms with Gasteiger partial charge in [-0.25, -0.2) is 15.0 Å². The van der Waals surface area contributed by atoms with Crippen molar-refractivity contribution in [2.75, 3.05) is 0 Å². The van der Waals surface area contributed by atoms with E-state index in [9.17, 15) is 4.79 Å². The first-order chi connectivity index (χ1) is 6.70. The number of carbonyl (C=O) groups is 1. The zero-order valence-corrected chi connectivity index (χ0v) is 7.40. The van der Waals surface area contributed by atoms with E-state index in [1.54, 1.807) is 6.07 Å². The Bertz CT molecular complexity index is 439. The fraction of sp³-hybridized carbons (Fsp3) is 0.222. The predicted molar refractivity (Wildman–Crippen MR) is 50.0 cm³/mol. The maximum Gasteiger partial charge on any atom is 0.354 e. The van der Waals surface area contributed by atoms with Gasteiger partial charge in [0.2, 0.25) is 0 Å². The molecule has 0 aliphatic carbocycles. The first kappa shape index (κ1) is 8.76. The Kier molecular flexibility index (Phi) is 1.97. The van der Waals surface area contributed by atoms with Crippen molar-refractivity contribution in [2.45, 2.75) is 12.6 Å². The average molecular weight is 186 g/mol. The summed E-state index contributed by atoms with van der Waals surface area (Å²) in [6.07, 6.45) is 1.27. The number of carboxylic acids is 1. The highest BCUT2D eigenvalue weighted by Crippen LogP contribution is 2.19. The smallest absolute Gasteiger partial charge is 0.354 e. The number of aromatic nitrogens is 1. The zero-order valence-electron chi connectivity index (χ0n) is 7.40. The van der Waals surface area contributed by atoms with Gasteiger partial charge in [-0.2, -0.15) is 0 Å². The van der Waals surface area contributed by atoms with Gasteiger partial charge in [0.1, 0.15) is 5.69 Å². The molecule has 0 aromatic carbocycles. The molecule has 68 valence electrons. The van der Waals surface area contributed by atoms with Crippen LogP contribution in [0.25, 0.3) is 0 Å². The molecule has 0 saturated carbocycles. The van der Waals surface area contributed by atoms with Crippen LogP contribution in [0.5, 0.6) is 0 Å². The molecular formula is C9H7BN2O2. The van der Waals surface area contributed by atoms with Crippen molar-refractivity contribution in [3.63, 3.8) is 0 Å². The minimum atomic E-state index is -1.02. The van der Waals surface area contributed by atoms with Gasteiger partial charge < -0.3 is 5.11 Å². The van der Waals surface area contributed by atoms with E-state index < -0.39 is 5.97 Å². The number of aromatic carboxylic acids is 1. The first-order valence-corrected chi connectivity index (χ1v) is 4.32. The van der Waals surface area contributed by atoms with Crippen LogP contribution >= 0.6 is 0 Å². The monoisotopic (exact) mass is 186 g/mol. The number of hydrogen-bond donors (Lipinski definition) is 1. The van der Waals surface area contributed by atoms with Gasteiger partial charge >= 0.3 is 5.97 Å². The quantitative estimate of drug-likeness (QED) is 0.648. The number of rotatable bonds is 1. The highest BCUT2D eigenvalue weighted by Gasteiger charge is 2.27. The predicted octanol–water partition coefficient (Wildman–Crippen LogP) is 0.514. The molecule has 1 aliphatic heterocycles. The van der Waals surface area contributed by atoms with Gasteiger partial charge in [0, 0.05) is 11.7 Å². The van der Waals surface area contributed by atoms with Crippen LogP contribution < -0.4 is 0 Å². The van der Waals surface area contributed by atoms with Crippen LogP contribution in [0.2, 0.25) is 0 Å². The number of fused-ring (bicyclic) bond motifs is 1. The molecule has 1 aromatic heterocycles. The molecule has 1 N–H and O–H groups in total. The molecule has 0 atom stereocenters. The number of hydrogen-bond acceptors (Lipinski definition) is 3. The summed E-state index contributed by atoms with van der Waals surface area (Å²) in [5.41, 5.74) is 1.82. The molecule has 5 heteroatoms. The summed E-state index contributed by atoms with van der Waals surface area (Å²) < 4.78 is 0. The van der Waals surface area contributed by atoms with E-state index in [1.807, 2.05) is 0 Å². The van der Waals surface area contributed by atoms with Crippen molar-refractivity contribution < 1.29 is 9.90 Å². The van der Waals surface area contributed by atoms with E-state index in [1.165, 1.54) is 6.07 Å². The minimum Gasteiger partial charge on any atom is -0.477 e. The van der Waals surface area contributed by atoms with E-state index in [2.05, 4.69) is 11.0 Å². The van der Waals surface area contributed by atoms with Crippen molar-refractivity contribution in [3.8, 4) is 5.97 Å². The Labute approximate surface area is 81.3 Å². The molecule has 1 aromatic rings. The highest BCUT2D eigenvalue weighted by molar-refractivity contribution is 6.66. The third kappa shape index (κ3) is 1.35. The maximum atomic E-state index is 10.6. The third-order valence-corrected chi connectivity index (χ3v) is 2.38.